The van der Waals surface area contributed by atoms with Crippen LogP contribution in [0.5, 0.6) is 0 Å². The van der Waals surface area contributed by atoms with Crippen molar-refractivity contribution in [2.24, 2.45) is 5.41 Å². The molecule has 0 spiro atoms. The summed E-state index contributed by atoms with van der Waals surface area (Å²) < 4.78 is 6.90. The average Bonchev–Trinajstić information content (AvgIpc) is 3.11. The summed E-state index contributed by atoms with van der Waals surface area (Å²) in [7, 11) is 0. The molecule has 118 valence electrons. The minimum absolute atomic E-state index is 0.0696. The number of carbonyl (C=O) groups is 1. The smallest absolute Gasteiger partial charge is 0.279 e. The molecule has 8 nitrogen and oxygen atoms in total. The van der Waals surface area contributed by atoms with Gasteiger partial charge in [-0.05, 0) is 12.1 Å². The number of rotatable bonds is 4. The number of thiazole rings is 1. The molecule has 0 atom stereocenters. The zero-order chi connectivity index (χ0) is 15.9. The molecule has 1 aliphatic heterocycles. The normalized spacial score (nSPS) is 16.2. The van der Waals surface area contributed by atoms with Crippen molar-refractivity contribution in [3.8, 4) is 0 Å². The second-order valence-electron chi connectivity index (χ2n) is 5.91. The predicted octanol–water partition coefficient (Wildman–Crippen LogP) is 1.57. The Morgan fingerprint density at radius 2 is 2.39 bits per heavy atom. The monoisotopic (exact) mass is 330 g/mol. The number of aromatic nitrogens is 5. The Kier molecular flexibility index (Phi) is 3.31. The average molecular weight is 330 g/mol. The molecule has 0 saturated carbocycles. The van der Waals surface area contributed by atoms with Gasteiger partial charge in [-0.3, -0.25) is 14.8 Å². The molecule has 1 aliphatic rings. The van der Waals surface area contributed by atoms with Crippen molar-refractivity contribution in [3.63, 3.8) is 0 Å². The number of hydrogen-bond donors (Lipinski definition) is 1. The molecule has 3 aromatic rings. The van der Waals surface area contributed by atoms with E-state index in [1.165, 1.54) is 11.3 Å². The molecule has 0 bridgehead atoms. The summed E-state index contributed by atoms with van der Waals surface area (Å²) in [4.78, 5) is 21.6. The van der Waals surface area contributed by atoms with Gasteiger partial charge in [0.25, 0.3) is 5.91 Å². The lowest BCUT2D eigenvalue weighted by atomic mass is 9.89. The van der Waals surface area contributed by atoms with Gasteiger partial charge in [-0.25, -0.2) is 9.97 Å². The molecular weight excluding hydrogens is 316 g/mol. The topological polar surface area (TPSA) is 94.8 Å². The number of nitrogens with zero attached hydrogens (tertiary/aromatic N) is 5. The van der Waals surface area contributed by atoms with Crippen LogP contribution in [-0.4, -0.2) is 44.1 Å². The van der Waals surface area contributed by atoms with E-state index in [4.69, 9.17) is 4.74 Å². The standard InChI is InChI=1S/C14H14N6O2S/c1-14(7-22-8-14)6-20-5-10(18-19-20)11(21)17-13-16-9-3-2-4-15-12(9)23-13/h2-5H,6-8H2,1H3,(H,16,17,21). The number of anilines is 1. The molecule has 1 saturated heterocycles. The maximum absolute atomic E-state index is 12.2. The van der Waals surface area contributed by atoms with Crippen LogP contribution in [0.2, 0.25) is 0 Å². The zero-order valence-electron chi connectivity index (χ0n) is 12.4. The first-order chi connectivity index (χ1) is 11.1. The van der Waals surface area contributed by atoms with Crippen molar-refractivity contribution in [3.05, 3.63) is 30.2 Å². The van der Waals surface area contributed by atoms with Crippen molar-refractivity contribution in [1.29, 1.82) is 0 Å². The van der Waals surface area contributed by atoms with Gasteiger partial charge in [0.15, 0.2) is 10.8 Å². The highest BCUT2D eigenvalue weighted by Gasteiger charge is 2.34. The summed E-state index contributed by atoms with van der Waals surface area (Å²) in [6, 6.07) is 3.66. The van der Waals surface area contributed by atoms with Gasteiger partial charge < -0.3 is 4.74 Å². The number of hydrogen-bond acceptors (Lipinski definition) is 7. The molecule has 0 unspecified atom stereocenters. The van der Waals surface area contributed by atoms with E-state index < -0.39 is 0 Å². The van der Waals surface area contributed by atoms with Gasteiger partial charge in [0.2, 0.25) is 0 Å². The largest absolute Gasteiger partial charge is 0.380 e. The number of ether oxygens (including phenoxy) is 1. The van der Waals surface area contributed by atoms with E-state index >= 15 is 0 Å². The van der Waals surface area contributed by atoms with E-state index in [2.05, 4.69) is 32.5 Å². The fraction of sp³-hybridized carbons (Fsp3) is 0.357. The van der Waals surface area contributed by atoms with Gasteiger partial charge in [0, 0.05) is 11.6 Å². The minimum atomic E-state index is -0.328. The summed E-state index contributed by atoms with van der Waals surface area (Å²) in [6.07, 6.45) is 3.34. The quantitative estimate of drug-likeness (QED) is 0.780. The molecule has 1 N–H and O–H groups in total. The van der Waals surface area contributed by atoms with Crippen LogP contribution >= 0.6 is 11.3 Å². The number of carbonyl (C=O) groups excluding carboxylic acids is 1. The summed E-state index contributed by atoms with van der Waals surface area (Å²) in [5.74, 6) is -0.328. The second-order valence-corrected chi connectivity index (χ2v) is 6.88. The van der Waals surface area contributed by atoms with E-state index in [0.717, 1.165) is 10.3 Å². The van der Waals surface area contributed by atoms with E-state index in [0.29, 0.717) is 24.9 Å². The van der Waals surface area contributed by atoms with Crippen LogP contribution in [0.1, 0.15) is 17.4 Å². The van der Waals surface area contributed by atoms with Gasteiger partial charge in [-0.15, -0.1) is 5.10 Å². The van der Waals surface area contributed by atoms with Crippen molar-refractivity contribution < 1.29 is 9.53 Å². The second kappa shape index (κ2) is 5.36. The van der Waals surface area contributed by atoms with E-state index in [-0.39, 0.29) is 17.0 Å². The first-order valence-electron chi connectivity index (χ1n) is 7.12. The fourth-order valence-corrected chi connectivity index (χ4v) is 3.20. The van der Waals surface area contributed by atoms with Crippen LogP contribution < -0.4 is 5.32 Å². The maximum atomic E-state index is 12.2. The van der Waals surface area contributed by atoms with E-state index in [1.807, 2.05) is 12.1 Å². The predicted molar refractivity (Wildman–Crippen MR) is 84.3 cm³/mol. The van der Waals surface area contributed by atoms with Crippen molar-refractivity contribution in [1.82, 2.24) is 25.0 Å². The SMILES string of the molecule is CC1(Cn2cc(C(=O)Nc3nc4cccnc4s3)nn2)COC1. The highest BCUT2D eigenvalue weighted by Crippen LogP contribution is 2.28. The Labute approximate surface area is 135 Å². The zero-order valence-corrected chi connectivity index (χ0v) is 13.2. The lowest BCUT2D eigenvalue weighted by molar-refractivity contribution is -0.111. The number of amides is 1. The van der Waals surface area contributed by atoms with Crippen LogP contribution in [0, 0.1) is 5.41 Å². The third kappa shape index (κ3) is 2.80. The van der Waals surface area contributed by atoms with Crippen molar-refractivity contribution in [2.45, 2.75) is 13.5 Å². The summed E-state index contributed by atoms with van der Waals surface area (Å²) in [5, 5.41) is 11.2. The molecule has 1 fully saturated rings. The van der Waals surface area contributed by atoms with Crippen LogP contribution in [0.3, 0.4) is 0 Å². The van der Waals surface area contributed by atoms with Gasteiger partial charge in [0.1, 0.15) is 10.3 Å². The number of pyridine rings is 1. The van der Waals surface area contributed by atoms with Gasteiger partial charge in [-0.2, -0.15) is 0 Å². The summed E-state index contributed by atoms with van der Waals surface area (Å²) >= 11 is 1.32. The summed E-state index contributed by atoms with van der Waals surface area (Å²) in [6.45, 7) is 4.20. The van der Waals surface area contributed by atoms with Crippen LogP contribution in [-0.2, 0) is 11.3 Å². The first kappa shape index (κ1) is 14.2. The van der Waals surface area contributed by atoms with Crippen molar-refractivity contribution >= 4 is 32.7 Å². The third-order valence-electron chi connectivity index (χ3n) is 3.60. The Morgan fingerprint density at radius 3 is 3.13 bits per heavy atom. The molecule has 1 amide bonds. The van der Waals surface area contributed by atoms with Crippen LogP contribution in [0.15, 0.2) is 24.5 Å². The lowest BCUT2D eigenvalue weighted by Crippen LogP contribution is -2.43. The molecule has 0 aliphatic carbocycles. The molecule has 23 heavy (non-hydrogen) atoms. The molecular formula is C14H14N6O2S. The van der Waals surface area contributed by atoms with Crippen LogP contribution in [0.4, 0.5) is 5.13 Å². The molecule has 3 aromatic heterocycles. The Bertz CT molecular complexity index is 836. The number of nitrogens with one attached hydrogen (secondary N) is 1. The lowest BCUT2D eigenvalue weighted by Gasteiger charge is -2.37. The molecule has 4 rings (SSSR count). The van der Waals surface area contributed by atoms with Gasteiger partial charge >= 0.3 is 0 Å². The van der Waals surface area contributed by atoms with E-state index in [1.54, 1.807) is 17.1 Å². The Hall–Kier alpha value is -2.39. The minimum Gasteiger partial charge on any atom is -0.380 e. The Morgan fingerprint density at radius 1 is 1.52 bits per heavy atom. The Balaban J connectivity index is 1.47. The van der Waals surface area contributed by atoms with E-state index in [9.17, 15) is 4.79 Å². The van der Waals surface area contributed by atoms with Gasteiger partial charge in [0.05, 0.1) is 26.0 Å². The molecule has 0 aromatic carbocycles. The highest BCUT2D eigenvalue weighted by atomic mass is 32.1. The third-order valence-corrected chi connectivity index (χ3v) is 4.50. The highest BCUT2D eigenvalue weighted by molar-refractivity contribution is 7.21. The fourth-order valence-electron chi connectivity index (χ4n) is 2.40. The molecule has 4 heterocycles. The maximum Gasteiger partial charge on any atom is 0.279 e. The molecule has 0 radical (unpaired) electrons. The first-order valence-corrected chi connectivity index (χ1v) is 7.94. The molecule has 9 heteroatoms. The number of fused-ring (bicyclic) bond motifs is 1. The van der Waals surface area contributed by atoms with Crippen molar-refractivity contribution in [2.75, 3.05) is 18.5 Å². The van der Waals surface area contributed by atoms with Gasteiger partial charge in [-0.1, -0.05) is 23.5 Å². The van der Waals surface area contributed by atoms with Crippen LogP contribution in [0.25, 0.3) is 10.3 Å². The summed E-state index contributed by atoms with van der Waals surface area (Å²) in [5.41, 5.74) is 1.09.